The molecule has 2 heterocycles. The third-order valence-corrected chi connectivity index (χ3v) is 4.38. The van der Waals surface area contributed by atoms with Crippen LogP contribution in [0.5, 0.6) is 5.75 Å². The minimum atomic E-state index is -0.754. The summed E-state index contributed by atoms with van der Waals surface area (Å²) in [5.74, 6) is -0.751. The summed E-state index contributed by atoms with van der Waals surface area (Å²) in [6.45, 7) is 5.72. The molecule has 122 valence electrons. The van der Waals surface area contributed by atoms with Crippen LogP contribution in [-0.2, 0) is 18.4 Å². The predicted octanol–water partition coefficient (Wildman–Crippen LogP) is 3.14. The summed E-state index contributed by atoms with van der Waals surface area (Å²) in [6.07, 6.45) is -0.754. The number of nitrogens with zero attached hydrogens (tertiary/aromatic N) is 3. The van der Waals surface area contributed by atoms with E-state index in [9.17, 15) is 9.18 Å². The molecule has 7 heteroatoms. The highest BCUT2D eigenvalue weighted by Gasteiger charge is 2.34. The van der Waals surface area contributed by atoms with Gasteiger partial charge < -0.3 is 9.64 Å². The molecule has 2 aromatic rings. The summed E-state index contributed by atoms with van der Waals surface area (Å²) in [5.41, 5.74) is 3.07. The molecule has 0 fully saturated rings. The minimum Gasteiger partial charge on any atom is -0.476 e. The van der Waals surface area contributed by atoms with Gasteiger partial charge in [-0.05, 0) is 32.9 Å². The Bertz CT molecular complexity index is 803. The Morgan fingerprint density at radius 1 is 1.39 bits per heavy atom. The summed E-state index contributed by atoms with van der Waals surface area (Å²) >= 11 is 5.95. The predicted molar refractivity (Wildman–Crippen MR) is 85.4 cm³/mol. The quantitative estimate of drug-likeness (QED) is 0.845. The van der Waals surface area contributed by atoms with Gasteiger partial charge in [0.15, 0.2) is 17.7 Å². The van der Waals surface area contributed by atoms with Crippen molar-refractivity contribution < 1.29 is 13.9 Å². The summed E-state index contributed by atoms with van der Waals surface area (Å²) in [7, 11) is 1.85. The maximum Gasteiger partial charge on any atom is 0.268 e. The lowest BCUT2D eigenvalue weighted by molar-refractivity contribution is -0.125. The second-order valence-electron chi connectivity index (χ2n) is 5.69. The Balaban J connectivity index is 2.10. The molecule has 0 saturated heterocycles. The smallest absolute Gasteiger partial charge is 0.268 e. The summed E-state index contributed by atoms with van der Waals surface area (Å²) in [6, 6.07) is 2.73. The molecule has 1 aromatic carbocycles. The van der Waals surface area contributed by atoms with E-state index >= 15 is 0 Å². The number of aromatic nitrogens is 2. The Labute approximate surface area is 138 Å². The van der Waals surface area contributed by atoms with E-state index in [2.05, 4.69) is 5.10 Å². The number of anilines is 1. The second kappa shape index (κ2) is 5.53. The molecule has 3 rings (SSSR count). The second-order valence-corrected chi connectivity index (χ2v) is 6.13. The molecule has 0 bridgehead atoms. The van der Waals surface area contributed by atoms with Crippen LogP contribution in [0.15, 0.2) is 12.1 Å². The summed E-state index contributed by atoms with van der Waals surface area (Å²) in [5, 5.41) is 4.58. The first kappa shape index (κ1) is 15.8. The number of halogens is 2. The molecule has 1 aromatic heterocycles. The van der Waals surface area contributed by atoms with Crippen molar-refractivity contribution in [2.24, 2.45) is 7.05 Å². The van der Waals surface area contributed by atoms with Gasteiger partial charge in [-0.15, -0.1) is 0 Å². The van der Waals surface area contributed by atoms with Gasteiger partial charge in [0, 0.05) is 23.3 Å². The van der Waals surface area contributed by atoms with Crippen molar-refractivity contribution in [2.75, 3.05) is 4.90 Å². The highest BCUT2D eigenvalue weighted by molar-refractivity contribution is 6.31. The van der Waals surface area contributed by atoms with Gasteiger partial charge in [0.25, 0.3) is 5.91 Å². The fourth-order valence-electron chi connectivity index (χ4n) is 2.80. The van der Waals surface area contributed by atoms with Crippen LogP contribution in [0.2, 0.25) is 5.02 Å². The monoisotopic (exact) mass is 337 g/mol. The van der Waals surface area contributed by atoms with E-state index in [-0.39, 0.29) is 16.7 Å². The molecular formula is C16H17ClFN3O2. The molecule has 0 radical (unpaired) electrons. The van der Waals surface area contributed by atoms with Crippen LogP contribution in [0.3, 0.4) is 0 Å². The topological polar surface area (TPSA) is 47.4 Å². The number of hydrogen-bond donors (Lipinski definition) is 0. The fourth-order valence-corrected chi connectivity index (χ4v) is 3.00. The Kier molecular flexibility index (Phi) is 3.80. The first-order chi connectivity index (χ1) is 10.8. The lowest BCUT2D eigenvalue weighted by atomic mass is 10.1. The van der Waals surface area contributed by atoms with Crippen LogP contribution in [0, 0.1) is 19.7 Å². The molecule has 1 aliphatic rings. The number of hydrogen-bond acceptors (Lipinski definition) is 3. The number of rotatable bonds is 2. The molecule has 1 amide bonds. The maximum atomic E-state index is 14.1. The molecule has 5 nitrogen and oxygen atoms in total. The molecule has 0 unspecified atom stereocenters. The minimum absolute atomic E-state index is 0.0562. The Morgan fingerprint density at radius 2 is 2.09 bits per heavy atom. The van der Waals surface area contributed by atoms with Gasteiger partial charge in [-0.3, -0.25) is 9.48 Å². The number of benzene rings is 1. The number of carbonyl (C=O) groups is 1. The molecule has 0 saturated carbocycles. The first-order valence-electron chi connectivity index (χ1n) is 7.25. The van der Waals surface area contributed by atoms with Crippen molar-refractivity contribution in [3.8, 4) is 5.75 Å². The van der Waals surface area contributed by atoms with Crippen LogP contribution in [0.4, 0.5) is 10.1 Å². The lowest BCUT2D eigenvalue weighted by Crippen LogP contribution is -2.44. The Hall–Kier alpha value is -2.08. The average molecular weight is 338 g/mol. The van der Waals surface area contributed by atoms with Crippen LogP contribution in [-0.4, -0.2) is 21.8 Å². The van der Waals surface area contributed by atoms with Crippen LogP contribution < -0.4 is 9.64 Å². The van der Waals surface area contributed by atoms with Gasteiger partial charge in [0.2, 0.25) is 0 Å². The van der Waals surface area contributed by atoms with E-state index in [1.807, 2.05) is 20.9 Å². The van der Waals surface area contributed by atoms with Crippen LogP contribution in [0.1, 0.15) is 23.9 Å². The molecule has 23 heavy (non-hydrogen) atoms. The first-order valence-corrected chi connectivity index (χ1v) is 7.63. The van der Waals surface area contributed by atoms with E-state index < -0.39 is 11.9 Å². The van der Waals surface area contributed by atoms with E-state index in [0.29, 0.717) is 12.2 Å². The normalized spacial score (nSPS) is 17.2. The van der Waals surface area contributed by atoms with E-state index in [4.69, 9.17) is 16.3 Å². The zero-order chi connectivity index (χ0) is 16.9. The fraction of sp³-hybridized carbons (Fsp3) is 0.375. The highest BCUT2D eigenvalue weighted by Crippen LogP contribution is 2.39. The summed E-state index contributed by atoms with van der Waals surface area (Å²) in [4.78, 5) is 14.1. The number of amides is 1. The van der Waals surface area contributed by atoms with E-state index in [1.54, 1.807) is 17.7 Å². The van der Waals surface area contributed by atoms with Crippen molar-refractivity contribution in [3.63, 3.8) is 0 Å². The third-order valence-electron chi connectivity index (χ3n) is 4.16. The molecule has 0 spiro atoms. The van der Waals surface area contributed by atoms with Crippen molar-refractivity contribution >= 4 is 23.2 Å². The summed E-state index contributed by atoms with van der Waals surface area (Å²) < 4.78 is 21.3. The zero-order valence-electron chi connectivity index (χ0n) is 13.4. The molecular weight excluding hydrogens is 321 g/mol. The largest absolute Gasteiger partial charge is 0.476 e. The molecule has 1 atom stereocenters. The van der Waals surface area contributed by atoms with Gasteiger partial charge in [-0.2, -0.15) is 5.10 Å². The van der Waals surface area contributed by atoms with Crippen molar-refractivity contribution in [2.45, 2.75) is 33.4 Å². The van der Waals surface area contributed by atoms with Gasteiger partial charge >= 0.3 is 0 Å². The van der Waals surface area contributed by atoms with Crippen LogP contribution in [0.25, 0.3) is 0 Å². The standard InChI is InChI=1S/C16H17ClFN3O2/c1-8-12(9(2)20(4)19-8)7-21-14-6-11(17)5-13(18)15(14)23-10(3)16(21)22/h5-6,10H,7H2,1-4H3/t10-/m1/s1. The molecule has 0 N–H and O–H groups in total. The number of ether oxygens (including phenoxy) is 1. The number of fused-ring (bicyclic) bond motifs is 1. The number of aryl methyl sites for hydroxylation is 2. The van der Waals surface area contributed by atoms with Gasteiger partial charge in [0.05, 0.1) is 17.9 Å². The lowest BCUT2D eigenvalue weighted by Gasteiger charge is -2.33. The van der Waals surface area contributed by atoms with Crippen molar-refractivity contribution in [1.82, 2.24) is 9.78 Å². The van der Waals surface area contributed by atoms with E-state index in [1.165, 1.54) is 11.0 Å². The molecule has 1 aliphatic heterocycles. The van der Waals surface area contributed by atoms with E-state index in [0.717, 1.165) is 17.0 Å². The van der Waals surface area contributed by atoms with Gasteiger partial charge in [-0.1, -0.05) is 11.6 Å². The van der Waals surface area contributed by atoms with Crippen LogP contribution >= 0.6 is 11.6 Å². The maximum absolute atomic E-state index is 14.1. The van der Waals surface area contributed by atoms with Gasteiger partial charge in [-0.25, -0.2) is 4.39 Å². The molecule has 0 aliphatic carbocycles. The Morgan fingerprint density at radius 3 is 2.70 bits per heavy atom. The van der Waals surface area contributed by atoms with Crippen molar-refractivity contribution in [3.05, 3.63) is 39.9 Å². The number of carbonyl (C=O) groups excluding carboxylic acids is 1. The average Bonchev–Trinajstić information content (AvgIpc) is 2.71. The van der Waals surface area contributed by atoms with Gasteiger partial charge in [0.1, 0.15) is 0 Å². The highest BCUT2D eigenvalue weighted by atomic mass is 35.5. The van der Waals surface area contributed by atoms with Crippen molar-refractivity contribution in [1.29, 1.82) is 0 Å². The zero-order valence-corrected chi connectivity index (χ0v) is 14.1. The SMILES string of the molecule is Cc1nn(C)c(C)c1CN1C(=O)[C@@H](C)Oc2c(F)cc(Cl)cc21. The third kappa shape index (κ3) is 2.57.